The van der Waals surface area contributed by atoms with E-state index in [2.05, 4.69) is 10.6 Å². The lowest BCUT2D eigenvalue weighted by Crippen LogP contribution is -2.38. The van der Waals surface area contributed by atoms with E-state index >= 15 is 0 Å². The van der Waals surface area contributed by atoms with Crippen LogP contribution in [0.25, 0.3) is 0 Å². The average Bonchev–Trinajstić information content (AvgIpc) is 2.42. The van der Waals surface area contributed by atoms with E-state index in [1.807, 2.05) is 12.1 Å². The Hall–Kier alpha value is -1.00. The van der Waals surface area contributed by atoms with Crippen molar-refractivity contribution in [2.24, 2.45) is 0 Å². The van der Waals surface area contributed by atoms with Crippen LogP contribution in [0.2, 0.25) is 5.02 Å². The number of anilines is 1. The van der Waals surface area contributed by atoms with Gasteiger partial charge in [-0.05, 0) is 37.2 Å². The van der Waals surface area contributed by atoms with Crippen LogP contribution in [0.5, 0.6) is 5.75 Å². The second-order valence-electron chi connectivity index (χ2n) is 4.78. The Kier molecular flexibility index (Phi) is 5.28. The summed E-state index contributed by atoms with van der Waals surface area (Å²) in [7, 11) is 1.60. The molecular formula is C14H19ClN2OS. The summed E-state index contributed by atoms with van der Waals surface area (Å²) < 4.78 is 5.18. The second-order valence-corrected chi connectivity index (χ2v) is 5.60. The summed E-state index contributed by atoms with van der Waals surface area (Å²) in [6, 6.07) is 6.03. The number of ether oxygens (including phenoxy) is 1. The van der Waals surface area contributed by atoms with Gasteiger partial charge in [0.15, 0.2) is 5.11 Å². The zero-order valence-electron chi connectivity index (χ0n) is 11.0. The van der Waals surface area contributed by atoms with Gasteiger partial charge in [0, 0.05) is 17.8 Å². The zero-order chi connectivity index (χ0) is 13.7. The van der Waals surface area contributed by atoms with Gasteiger partial charge in [-0.25, -0.2) is 0 Å². The predicted octanol–water partition coefficient (Wildman–Crippen LogP) is 3.97. The van der Waals surface area contributed by atoms with Gasteiger partial charge in [-0.3, -0.25) is 0 Å². The third-order valence-corrected chi connectivity index (χ3v) is 3.88. The molecule has 0 radical (unpaired) electrons. The lowest BCUT2D eigenvalue weighted by molar-refractivity contribution is 0.414. The molecule has 19 heavy (non-hydrogen) atoms. The molecule has 0 saturated heterocycles. The van der Waals surface area contributed by atoms with Gasteiger partial charge in [-0.15, -0.1) is 0 Å². The maximum atomic E-state index is 5.99. The van der Waals surface area contributed by atoms with Gasteiger partial charge in [-0.1, -0.05) is 30.9 Å². The number of rotatable bonds is 3. The molecule has 1 aromatic rings. The maximum absolute atomic E-state index is 5.99. The van der Waals surface area contributed by atoms with Gasteiger partial charge < -0.3 is 15.4 Å². The standard InChI is InChI=1S/C14H19ClN2OS/c1-18-13-9-11(7-8-12(13)15)17-14(19)16-10-5-3-2-4-6-10/h7-10H,2-6H2,1H3,(H2,16,17,19). The Labute approximate surface area is 124 Å². The van der Waals surface area contributed by atoms with Crippen molar-refractivity contribution < 1.29 is 4.74 Å². The first kappa shape index (κ1) is 14.4. The molecule has 0 aromatic heterocycles. The van der Waals surface area contributed by atoms with Gasteiger partial charge in [-0.2, -0.15) is 0 Å². The van der Waals surface area contributed by atoms with Crippen LogP contribution < -0.4 is 15.4 Å². The number of halogens is 1. The number of hydrogen-bond donors (Lipinski definition) is 2. The highest BCUT2D eigenvalue weighted by molar-refractivity contribution is 7.80. The molecule has 2 rings (SSSR count). The number of nitrogens with one attached hydrogen (secondary N) is 2. The molecule has 1 aliphatic carbocycles. The van der Waals surface area contributed by atoms with Crippen LogP contribution >= 0.6 is 23.8 Å². The summed E-state index contributed by atoms with van der Waals surface area (Å²) in [4.78, 5) is 0. The minimum Gasteiger partial charge on any atom is -0.495 e. The first-order valence-electron chi connectivity index (χ1n) is 6.60. The van der Waals surface area contributed by atoms with Crippen molar-refractivity contribution in [3.63, 3.8) is 0 Å². The SMILES string of the molecule is COc1cc(NC(=S)NC2CCCCC2)ccc1Cl. The molecule has 1 fully saturated rings. The first-order valence-corrected chi connectivity index (χ1v) is 7.38. The fraction of sp³-hybridized carbons (Fsp3) is 0.500. The number of hydrogen-bond acceptors (Lipinski definition) is 2. The zero-order valence-corrected chi connectivity index (χ0v) is 12.6. The molecule has 1 aliphatic rings. The van der Waals surface area contributed by atoms with Crippen LogP contribution in [0.1, 0.15) is 32.1 Å². The monoisotopic (exact) mass is 298 g/mol. The summed E-state index contributed by atoms with van der Waals surface area (Å²) >= 11 is 11.3. The summed E-state index contributed by atoms with van der Waals surface area (Å²) in [5.41, 5.74) is 0.884. The highest BCUT2D eigenvalue weighted by Gasteiger charge is 2.14. The third-order valence-electron chi connectivity index (χ3n) is 3.35. The van der Waals surface area contributed by atoms with Crippen LogP contribution in [0.3, 0.4) is 0 Å². The Balaban J connectivity index is 1.90. The highest BCUT2D eigenvalue weighted by Crippen LogP contribution is 2.27. The summed E-state index contributed by atoms with van der Waals surface area (Å²) in [6.45, 7) is 0. The van der Waals surface area contributed by atoms with Crippen LogP contribution in [0.15, 0.2) is 18.2 Å². The lowest BCUT2D eigenvalue weighted by atomic mass is 9.96. The van der Waals surface area contributed by atoms with Crippen molar-refractivity contribution in [1.29, 1.82) is 0 Å². The van der Waals surface area contributed by atoms with Crippen LogP contribution in [0, 0.1) is 0 Å². The molecule has 0 amide bonds. The van der Waals surface area contributed by atoms with Crippen LogP contribution in [0.4, 0.5) is 5.69 Å². The Morgan fingerprint density at radius 1 is 1.32 bits per heavy atom. The van der Waals surface area contributed by atoms with Crippen molar-refractivity contribution in [2.45, 2.75) is 38.1 Å². The molecular weight excluding hydrogens is 280 g/mol. The molecule has 0 spiro atoms. The Bertz CT molecular complexity index is 447. The van der Waals surface area contributed by atoms with Gasteiger partial charge in [0.2, 0.25) is 0 Å². The van der Waals surface area contributed by atoms with E-state index in [1.165, 1.54) is 32.1 Å². The van der Waals surface area contributed by atoms with E-state index in [9.17, 15) is 0 Å². The predicted molar refractivity (Wildman–Crippen MR) is 84.2 cm³/mol. The average molecular weight is 299 g/mol. The number of benzene rings is 1. The van der Waals surface area contributed by atoms with Gasteiger partial charge in [0.1, 0.15) is 5.75 Å². The van der Waals surface area contributed by atoms with E-state index in [-0.39, 0.29) is 0 Å². The molecule has 1 aromatic carbocycles. The largest absolute Gasteiger partial charge is 0.495 e. The van der Waals surface area contributed by atoms with Crippen LogP contribution in [-0.4, -0.2) is 18.3 Å². The van der Waals surface area contributed by atoms with E-state index in [0.717, 1.165) is 5.69 Å². The number of thiocarbonyl (C=S) groups is 1. The molecule has 0 bridgehead atoms. The molecule has 2 N–H and O–H groups in total. The third kappa shape index (κ3) is 4.25. The molecule has 0 unspecified atom stereocenters. The maximum Gasteiger partial charge on any atom is 0.170 e. The van der Waals surface area contributed by atoms with E-state index < -0.39 is 0 Å². The summed E-state index contributed by atoms with van der Waals surface area (Å²) in [5.74, 6) is 0.645. The first-order chi connectivity index (χ1) is 9.19. The van der Waals surface area contributed by atoms with Crippen molar-refractivity contribution >= 4 is 34.6 Å². The van der Waals surface area contributed by atoms with E-state index in [4.69, 9.17) is 28.6 Å². The van der Waals surface area contributed by atoms with Crippen molar-refractivity contribution in [3.05, 3.63) is 23.2 Å². The van der Waals surface area contributed by atoms with Crippen LogP contribution in [-0.2, 0) is 0 Å². The van der Waals surface area contributed by atoms with E-state index in [0.29, 0.717) is 21.9 Å². The molecule has 0 heterocycles. The summed E-state index contributed by atoms with van der Waals surface area (Å²) in [5, 5.41) is 7.80. The van der Waals surface area contributed by atoms with Crippen molar-refractivity contribution in [2.75, 3.05) is 12.4 Å². The molecule has 0 aliphatic heterocycles. The normalized spacial score (nSPS) is 15.9. The number of methoxy groups -OCH3 is 1. The fourth-order valence-corrected chi connectivity index (χ4v) is 2.82. The summed E-state index contributed by atoms with van der Waals surface area (Å²) in [6.07, 6.45) is 6.31. The topological polar surface area (TPSA) is 33.3 Å². The van der Waals surface area contributed by atoms with Gasteiger partial charge in [0.25, 0.3) is 0 Å². The molecule has 0 atom stereocenters. The molecule has 3 nitrogen and oxygen atoms in total. The van der Waals surface area contributed by atoms with E-state index in [1.54, 1.807) is 13.2 Å². The molecule has 104 valence electrons. The minimum atomic E-state index is 0.503. The molecule has 1 saturated carbocycles. The lowest BCUT2D eigenvalue weighted by Gasteiger charge is -2.24. The van der Waals surface area contributed by atoms with Gasteiger partial charge >= 0.3 is 0 Å². The van der Waals surface area contributed by atoms with Crippen molar-refractivity contribution in [3.8, 4) is 5.75 Å². The smallest absolute Gasteiger partial charge is 0.170 e. The fourth-order valence-electron chi connectivity index (χ4n) is 2.34. The minimum absolute atomic E-state index is 0.503. The Morgan fingerprint density at radius 3 is 2.74 bits per heavy atom. The van der Waals surface area contributed by atoms with Gasteiger partial charge in [0.05, 0.1) is 12.1 Å². The Morgan fingerprint density at radius 2 is 2.05 bits per heavy atom. The quantitative estimate of drug-likeness (QED) is 0.827. The van der Waals surface area contributed by atoms with Crippen molar-refractivity contribution in [1.82, 2.24) is 5.32 Å². The second kappa shape index (κ2) is 6.96. The highest BCUT2D eigenvalue weighted by atomic mass is 35.5. The molecule has 5 heteroatoms.